The molecule has 2 aromatic carbocycles. The smallest absolute Gasteiger partial charge is 0.123 e. The summed E-state index contributed by atoms with van der Waals surface area (Å²) in [5.41, 5.74) is 5.35. The predicted octanol–water partition coefficient (Wildman–Crippen LogP) is 2.98. The van der Waals surface area contributed by atoms with Gasteiger partial charge in [0.05, 0.1) is 7.11 Å². The summed E-state index contributed by atoms with van der Waals surface area (Å²) >= 11 is 0. The molecule has 0 fully saturated rings. The van der Waals surface area contributed by atoms with Crippen molar-refractivity contribution in [1.82, 2.24) is 5.32 Å². The topological polar surface area (TPSA) is 24.5 Å². The highest BCUT2D eigenvalue weighted by molar-refractivity contribution is 5.58. The molecule has 1 aliphatic rings. The number of hydrogen-bond acceptors (Lipinski definition) is 3. The fourth-order valence-corrected chi connectivity index (χ4v) is 3.05. The maximum atomic E-state index is 5.53. The van der Waals surface area contributed by atoms with Crippen LogP contribution in [0, 0.1) is 0 Å². The third-order valence-electron chi connectivity index (χ3n) is 4.07. The van der Waals surface area contributed by atoms with Crippen molar-refractivity contribution in [2.75, 3.05) is 25.6 Å². The van der Waals surface area contributed by atoms with Crippen molar-refractivity contribution < 1.29 is 4.74 Å². The highest BCUT2D eigenvalue weighted by Crippen LogP contribution is 2.31. The number of ether oxygens (including phenoxy) is 1. The summed E-state index contributed by atoms with van der Waals surface area (Å²) < 4.78 is 5.53. The first-order valence-corrected chi connectivity index (χ1v) is 7.45. The molecule has 0 atom stereocenters. The molecule has 110 valence electrons. The van der Waals surface area contributed by atoms with Gasteiger partial charge in [0.15, 0.2) is 0 Å². The SMILES string of the molecule is CNCc1ccc(OC)c(CN2CCc3ccccc32)c1. The van der Waals surface area contributed by atoms with Gasteiger partial charge in [0, 0.05) is 30.9 Å². The predicted molar refractivity (Wildman–Crippen MR) is 87.0 cm³/mol. The molecule has 3 heteroatoms. The van der Waals surface area contributed by atoms with Crippen molar-refractivity contribution in [3.05, 3.63) is 59.2 Å². The zero-order chi connectivity index (χ0) is 14.7. The minimum absolute atomic E-state index is 0.883. The van der Waals surface area contributed by atoms with Crippen molar-refractivity contribution in [3.63, 3.8) is 0 Å². The fraction of sp³-hybridized carbons (Fsp3) is 0.333. The standard InChI is InChI=1S/C18H22N2O/c1-19-12-14-7-8-18(21-2)16(11-14)13-20-10-9-15-5-3-4-6-17(15)20/h3-8,11,19H,9-10,12-13H2,1-2H3. The van der Waals surface area contributed by atoms with Crippen LogP contribution in [0.3, 0.4) is 0 Å². The first kappa shape index (κ1) is 14.0. The van der Waals surface area contributed by atoms with E-state index in [1.165, 1.54) is 22.4 Å². The molecule has 21 heavy (non-hydrogen) atoms. The number of methoxy groups -OCH3 is 1. The lowest BCUT2D eigenvalue weighted by atomic mass is 10.1. The van der Waals surface area contributed by atoms with E-state index in [-0.39, 0.29) is 0 Å². The molecule has 0 spiro atoms. The average molecular weight is 282 g/mol. The van der Waals surface area contributed by atoms with Crippen LogP contribution in [0.1, 0.15) is 16.7 Å². The van der Waals surface area contributed by atoms with E-state index in [9.17, 15) is 0 Å². The van der Waals surface area contributed by atoms with Gasteiger partial charge >= 0.3 is 0 Å². The Morgan fingerprint density at radius 3 is 2.86 bits per heavy atom. The summed E-state index contributed by atoms with van der Waals surface area (Å²) in [6.45, 7) is 2.87. The van der Waals surface area contributed by atoms with Gasteiger partial charge in [0.2, 0.25) is 0 Å². The Labute approximate surface area is 126 Å². The molecule has 0 radical (unpaired) electrons. The van der Waals surface area contributed by atoms with Crippen LogP contribution in [0.5, 0.6) is 5.75 Å². The number of benzene rings is 2. The Balaban J connectivity index is 1.86. The van der Waals surface area contributed by atoms with Crippen LogP contribution in [0.15, 0.2) is 42.5 Å². The van der Waals surface area contributed by atoms with Gasteiger partial charge in [-0.3, -0.25) is 0 Å². The molecule has 1 N–H and O–H groups in total. The average Bonchev–Trinajstić information content (AvgIpc) is 2.91. The lowest BCUT2D eigenvalue weighted by Gasteiger charge is -2.21. The van der Waals surface area contributed by atoms with Crippen LogP contribution >= 0.6 is 0 Å². The second-order valence-corrected chi connectivity index (χ2v) is 5.48. The highest BCUT2D eigenvalue weighted by Gasteiger charge is 2.19. The molecule has 3 rings (SSSR count). The highest BCUT2D eigenvalue weighted by atomic mass is 16.5. The summed E-state index contributed by atoms with van der Waals surface area (Å²) in [4.78, 5) is 2.44. The van der Waals surface area contributed by atoms with Gasteiger partial charge in [-0.2, -0.15) is 0 Å². The van der Waals surface area contributed by atoms with E-state index in [4.69, 9.17) is 4.74 Å². The number of rotatable bonds is 5. The third kappa shape index (κ3) is 2.88. The van der Waals surface area contributed by atoms with Gasteiger partial charge < -0.3 is 15.0 Å². The summed E-state index contributed by atoms with van der Waals surface area (Å²) in [6.07, 6.45) is 1.13. The van der Waals surface area contributed by atoms with Crippen molar-refractivity contribution in [3.8, 4) is 5.75 Å². The molecule has 0 saturated carbocycles. The lowest BCUT2D eigenvalue weighted by Crippen LogP contribution is -2.20. The van der Waals surface area contributed by atoms with Gasteiger partial charge in [-0.15, -0.1) is 0 Å². The van der Waals surface area contributed by atoms with E-state index in [1.807, 2.05) is 7.05 Å². The quantitative estimate of drug-likeness (QED) is 0.912. The van der Waals surface area contributed by atoms with Crippen LogP contribution < -0.4 is 15.0 Å². The number of para-hydroxylation sites is 1. The Bertz CT molecular complexity index is 624. The van der Waals surface area contributed by atoms with Crippen molar-refractivity contribution in [2.24, 2.45) is 0 Å². The first-order chi connectivity index (χ1) is 10.3. The summed E-state index contributed by atoms with van der Waals surface area (Å²) in [7, 11) is 3.72. The van der Waals surface area contributed by atoms with Crippen molar-refractivity contribution >= 4 is 5.69 Å². The second-order valence-electron chi connectivity index (χ2n) is 5.48. The zero-order valence-electron chi connectivity index (χ0n) is 12.7. The van der Waals surface area contributed by atoms with Crippen molar-refractivity contribution in [1.29, 1.82) is 0 Å². The number of nitrogens with zero attached hydrogens (tertiary/aromatic N) is 1. The number of anilines is 1. The Hall–Kier alpha value is -2.00. The van der Waals surface area contributed by atoms with Gasteiger partial charge in [0.25, 0.3) is 0 Å². The first-order valence-electron chi connectivity index (χ1n) is 7.45. The molecule has 0 unspecified atom stereocenters. The Morgan fingerprint density at radius 2 is 2.05 bits per heavy atom. The molecule has 2 aromatic rings. The van der Waals surface area contributed by atoms with Crippen LogP contribution in [-0.2, 0) is 19.5 Å². The lowest BCUT2D eigenvalue weighted by molar-refractivity contribution is 0.409. The van der Waals surface area contributed by atoms with Crippen LogP contribution in [0.2, 0.25) is 0 Å². The molecule has 0 saturated heterocycles. The van der Waals surface area contributed by atoms with Gasteiger partial charge in [-0.05, 0) is 42.8 Å². The summed E-state index contributed by atoms with van der Waals surface area (Å²) in [5.74, 6) is 0.972. The maximum absolute atomic E-state index is 5.53. The minimum Gasteiger partial charge on any atom is -0.496 e. The van der Waals surface area contributed by atoms with Gasteiger partial charge in [0.1, 0.15) is 5.75 Å². The molecule has 0 bridgehead atoms. The largest absolute Gasteiger partial charge is 0.496 e. The van der Waals surface area contributed by atoms with Gasteiger partial charge in [-0.25, -0.2) is 0 Å². The van der Waals surface area contributed by atoms with Gasteiger partial charge in [-0.1, -0.05) is 24.3 Å². The molecule has 0 aliphatic carbocycles. The monoisotopic (exact) mass is 282 g/mol. The molecular formula is C18H22N2O. The van der Waals surface area contributed by atoms with E-state index in [1.54, 1.807) is 7.11 Å². The Kier molecular flexibility index (Phi) is 4.11. The number of hydrogen-bond donors (Lipinski definition) is 1. The third-order valence-corrected chi connectivity index (χ3v) is 4.07. The zero-order valence-corrected chi connectivity index (χ0v) is 12.7. The molecule has 0 amide bonds. The molecular weight excluding hydrogens is 260 g/mol. The van der Waals surface area contributed by atoms with E-state index in [0.29, 0.717) is 0 Å². The van der Waals surface area contributed by atoms with Crippen molar-refractivity contribution in [2.45, 2.75) is 19.5 Å². The van der Waals surface area contributed by atoms with Crippen LogP contribution in [-0.4, -0.2) is 20.7 Å². The molecule has 1 heterocycles. The van der Waals surface area contributed by atoms with E-state index < -0.39 is 0 Å². The number of nitrogens with one attached hydrogen (secondary N) is 1. The van der Waals surface area contributed by atoms with E-state index >= 15 is 0 Å². The normalized spacial score (nSPS) is 13.3. The maximum Gasteiger partial charge on any atom is 0.123 e. The molecule has 0 aromatic heterocycles. The summed E-state index contributed by atoms with van der Waals surface area (Å²) in [6, 6.07) is 15.1. The second kappa shape index (κ2) is 6.19. The Morgan fingerprint density at radius 1 is 1.19 bits per heavy atom. The van der Waals surface area contributed by atoms with Crippen LogP contribution in [0.4, 0.5) is 5.69 Å². The van der Waals surface area contributed by atoms with E-state index in [2.05, 4.69) is 52.7 Å². The number of fused-ring (bicyclic) bond motifs is 1. The fourth-order valence-electron chi connectivity index (χ4n) is 3.05. The van der Waals surface area contributed by atoms with E-state index in [0.717, 1.165) is 31.8 Å². The molecule has 3 nitrogen and oxygen atoms in total. The van der Waals surface area contributed by atoms with Crippen LogP contribution in [0.25, 0.3) is 0 Å². The minimum atomic E-state index is 0.883. The summed E-state index contributed by atoms with van der Waals surface area (Å²) in [5, 5.41) is 3.20. The molecule has 1 aliphatic heterocycles.